The van der Waals surface area contributed by atoms with Gasteiger partial charge < -0.3 is 10.7 Å². The van der Waals surface area contributed by atoms with Crippen LogP contribution in [0.3, 0.4) is 0 Å². The number of hydrogen-bond donors (Lipinski definition) is 2. The number of aromatic nitrogens is 3. The van der Waals surface area contributed by atoms with Gasteiger partial charge in [-0.1, -0.05) is 39.5 Å². The van der Waals surface area contributed by atoms with E-state index in [2.05, 4.69) is 32.7 Å². The van der Waals surface area contributed by atoms with Gasteiger partial charge in [0, 0.05) is 6.20 Å². The van der Waals surface area contributed by atoms with Gasteiger partial charge >= 0.3 is 0 Å². The highest BCUT2D eigenvalue weighted by Crippen LogP contribution is 2.30. The van der Waals surface area contributed by atoms with E-state index in [1.165, 1.54) is 0 Å². The fourth-order valence-electron chi connectivity index (χ4n) is 2.80. The number of hydrogen-bond acceptors (Lipinski definition) is 4. The van der Waals surface area contributed by atoms with Crippen molar-refractivity contribution >= 4 is 29.1 Å². The van der Waals surface area contributed by atoms with Gasteiger partial charge in [-0.3, -0.25) is 9.98 Å². The fraction of sp³-hybridized carbons (Fsp3) is 0.174. The number of rotatable bonds is 3. The third-order valence-electron chi connectivity index (χ3n) is 4.17. The summed E-state index contributed by atoms with van der Waals surface area (Å²) >= 11 is 0. The molecule has 28 heavy (non-hydrogen) atoms. The monoisotopic (exact) mass is 373 g/mol. The van der Waals surface area contributed by atoms with Crippen molar-refractivity contribution in [1.82, 2.24) is 15.0 Å². The number of nitrogens with zero attached hydrogens (tertiary/aromatic N) is 3. The summed E-state index contributed by atoms with van der Waals surface area (Å²) in [6.07, 6.45) is 1.84. The molecule has 5 heteroatoms. The maximum Gasteiger partial charge on any atom is 0.157 e. The number of anilines is 1. The summed E-state index contributed by atoms with van der Waals surface area (Å²) in [7, 11) is 0. The summed E-state index contributed by atoms with van der Waals surface area (Å²) in [6.45, 7) is 9.54. The Labute approximate surface area is 166 Å². The predicted molar refractivity (Wildman–Crippen MR) is 121 cm³/mol. The second-order valence-corrected chi connectivity index (χ2v) is 5.97. The van der Waals surface area contributed by atoms with E-state index in [4.69, 9.17) is 5.73 Å². The van der Waals surface area contributed by atoms with Crippen molar-refractivity contribution < 1.29 is 0 Å². The number of aryl methyl sites for hydroxylation is 1. The zero-order chi connectivity index (χ0) is 19.4. The van der Waals surface area contributed by atoms with Gasteiger partial charge in [0.05, 0.1) is 22.4 Å². The Morgan fingerprint density at radius 2 is 1.71 bits per heavy atom. The van der Waals surface area contributed by atoms with E-state index in [1.54, 1.807) is 0 Å². The van der Waals surface area contributed by atoms with Crippen LogP contribution < -0.4 is 5.73 Å². The summed E-state index contributed by atoms with van der Waals surface area (Å²) in [5, 5.41) is 0. The van der Waals surface area contributed by atoms with Gasteiger partial charge in [-0.2, -0.15) is 0 Å². The largest absolute Gasteiger partial charge is 0.397 e. The van der Waals surface area contributed by atoms with Crippen LogP contribution in [0.15, 0.2) is 59.7 Å². The zero-order valence-electron chi connectivity index (χ0n) is 15.8. The molecule has 0 amide bonds. The summed E-state index contributed by atoms with van der Waals surface area (Å²) in [4.78, 5) is 16.3. The number of fused-ring (bicyclic) bond motifs is 1. The van der Waals surface area contributed by atoms with Crippen molar-refractivity contribution in [2.45, 2.75) is 28.2 Å². The lowest BCUT2D eigenvalue weighted by Crippen LogP contribution is -1.87. The molecule has 0 aliphatic rings. The first-order valence-electron chi connectivity index (χ1n) is 8.93. The third-order valence-corrected chi connectivity index (χ3v) is 4.17. The van der Waals surface area contributed by atoms with Gasteiger partial charge in [-0.05, 0) is 60.7 Å². The third kappa shape index (κ3) is 4.09. The van der Waals surface area contributed by atoms with Crippen molar-refractivity contribution in [2.24, 2.45) is 4.99 Å². The van der Waals surface area contributed by atoms with Gasteiger partial charge in [0.2, 0.25) is 0 Å². The number of aliphatic imine (C=N–C) groups is 1. The Morgan fingerprint density at radius 1 is 1.00 bits per heavy atom. The van der Waals surface area contributed by atoms with E-state index in [1.807, 2.05) is 69.4 Å². The highest BCUT2D eigenvalue weighted by Gasteiger charge is 2.08. The molecule has 0 bridgehead atoms. The maximum atomic E-state index is 6.01. The molecule has 0 saturated heterocycles. The Bertz CT molecular complexity index is 1080. The molecule has 0 spiro atoms. The Hall–Kier alpha value is -3.47. The van der Waals surface area contributed by atoms with Crippen LogP contribution in [-0.4, -0.2) is 21.7 Å². The number of nitrogen functional groups attached to an aromatic ring is 1. The molecule has 2 heterocycles. The molecule has 0 radical (unpaired) electrons. The topological polar surface area (TPSA) is 80.0 Å². The van der Waals surface area contributed by atoms with Gasteiger partial charge in [-0.15, -0.1) is 0 Å². The first-order valence-corrected chi connectivity index (χ1v) is 8.93. The van der Waals surface area contributed by atoms with Crippen LogP contribution in [0, 0.1) is 6.92 Å². The normalized spacial score (nSPS) is 9.96. The van der Waals surface area contributed by atoms with Gasteiger partial charge in [0.1, 0.15) is 5.69 Å². The SMILES string of the molecule is C.C=Nc1ccc(-c2ccc3nc(-c4ccc(C)cn4)[nH]c3c2)cc1N.CC. The molecule has 4 rings (SSSR count). The van der Waals surface area contributed by atoms with Gasteiger partial charge in [-0.25, -0.2) is 4.98 Å². The minimum Gasteiger partial charge on any atom is -0.397 e. The lowest BCUT2D eigenvalue weighted by molar-refractivity contribution is 1.21. The highest BCUT2D eigenvalue weighted by atomic mass is 14.9. The summed E-state index contributed by atoms with van der Waals surface area (Å²) in [5.41, 5.74) is 13.2. The molecule has 4 aromatic rings. The highest BCUT2D eigenvalue weighted by molar-refractivity contribution is 5.85. The molecule has 0 fully saturated rings. The van der Waals surface area contributed by atoms with Crippen molar-refractivity contribution in [1.29, 1.82) is 0 Å². The Morgan fingerprint density at radius 3 is 2.36 bits per heavy atom. The van der Waals surface area contributed by atoms with Crippen LogP contribution in [0.4, 0.5) is 11.4 Å². The molecule has 0 aliphatic carbocycles. The lowest BCUT2D eigenvalue weighted by Gasteiger charge is -2.05. The first-order chi connectivity index (χ1) is 13.1. The smallest absolute Gasteiger partial charge is 0.157 e. The Kier molecular flexibility index (Phi) is 6.66. The Balaban J connectivity index is 0.000000906. The molecule has 5 nitrogen and oxygen atoms in total. The molecule has 2 aromatic heterocycles. The van der Waals surface area contributed by atoms with Crippen LogP contribution in [0.2, 0.25) is 0 Å². The standard InChI is InChI=1S/C20H17N5.C2H6.CH4/c1-12-3-6-18(23-11-12)20-24-17-8-5-14(10-19(17)25-20)13-4-7-16(22-2)15(21)9-13;1-2;/h3-11H,2,21H2,1H3,(H,24,25);1-2H3;1H4. The molecule has 0 atom stereocenters. The van der Waals surface area contributed by atoms with Crippen molar-refractivity contribution in [3.8, 4) is 22.6 Å². The number of aromatic amines is 1. The van der Waals surface area contributed by atoms with Crippen LogP contribution in [-0.2, 0) is 0 Å². The van der Waals surface area contributed by atoms with Crippen molar-refractivity contribution in [3.05, 3.63) is 60.3 Å². The van der Waals surface area contributed by atoms with Crippen LogP contribution in [0.5, 0.6) is 0 Å². The van der Waals surface area contributed by atoms with Crippen molar-refractivity contribution in [2.75, 3.05) is 5.73 Å². The minimum absolute atomic E-state index is 0. The fourth-order valence-corrected chi connectivity index (χ4v) is 2.80. The molecule has 2 aromatic carbocycles. The average molecular weight is 374 g/mol. The van der Waals surface area contributed by atoms with Crippen molar-refractivity contribution in [3.63, 3.8) is 0 Å². The molecular weight excluding hydrogens is 346 g/mol. The number of nitrogens with two attached hydrogens (primary N) is 1. The van der Waals surface area contributed by atoms with Gasteiger partial charge in [0.15, 0.2) is 5.82 Å². The zero-order valence-corrected chi connectivity index (χ0v) is 15.8. The lowest BCUT2D eigenvalue weighted by atomic mass is 10.0. The summed E-state index contributed by atoms with van der Waals surface area (Å²) in [6, 6.07) is 15.9. The van der Waals surface area contributed by atoms with Crippen LogP contribution in [0.25, 0.3) is 33.7 Å². The molecule has 3 N–H and O–H groups in total. The van der Waals surface area contributed by atoms with E-state index in [0.717, 1.165) is 39.2 Å². The van der Waals surface area contributed by atoms with E-state index >= 15 is 0 Å². The average Bonchev–Trinajstić information content (AvgIpc) is 3.13. The number of H-pyrrole nitrogens is 1. The quantitative estimate of drug-likeness (QED) is 0.332. The number of imidazole rings is 1. The number of nitrogens with one attached hydrogen (secondary N) is 1. The van der Waals surface area contributed by atoms with E-state index in [-0.39, 0.29) is 7.43 Å². The minimum atomic E-state index is 0. The van der Waals surface area contributed by atoms with Crippen LogP contribution in [0.1, 0.15) is 26.8 Å². The second kappa shape index (κ2) is 8.95. The van der Waals surface area contributed by atoms with Gasteiger partial charge in [0.25, 0.3) is 0 Å². The number of pyridine rings is 1. The summed E-state index contributed by atoms with van der Waals surface area (Å²) < 4.78 is 0. The van der Waals surface area contributed by atoms with E-state index in [9.17, 15) is 0 Å². The molecule has 0 aliphatic heterocycles. The van der Waals surface area contributed by atoms with Crippen LogP contribution >= 0.6 is 0 Å². The predicted octanol–water partition coefficient (Wildman–Crippen LogP) is 6.18. The first kappa shape index (κ1) is 20.8. The maximum absolute atomic E-state index is 6.01. The molecule has 0 unspecified atom stereocenters. The molecule has 144 valence electrons. The van der Waals surface area contributed by atoms with E-state index in [0.29, 0.717) is 11.4 Å². The molecular formula is C23H27N5. The number of benzene rings is 2. The second-order valence-electron chi connectivity index (χ2n) is 5.97. The van der Waals surface area contributed by atoms with E-state index < -0.39 is 0 Å². The molecule has 0 saturated carbocycles. The summed E-state index contributed by atoms with van der Waals surface area (Å²) in [5.74, 6) is 0.762.